The number of rotatable bonds is 8. The fraction of sp³-hybridized carbons (Fsp3) is 0.706. The van der Waals surface area contributed by atoms with E-state index >= 15 is 0 Å². The zero-order valence-electron chi connectivity index (χ0n) is 23.9. The van der Waals surface area contributed by atoms with Crippen LogP contribution in [-0.2, 0) is 0 Å². The van der Waals surface area contributed by atoms with Gasteiger partial charge in [-0.05, 0) is 122 Å². The Morgan fingerprint density at radius 1 is 1.00 bits per heavy atom. The fourth-order valence-corrected chi connectivity index (χ4v) is 9.60. The van der Waals surface area contributed by atoms with Gasteiger partial charge < -0.3 is 16.2 Å². The highest BCUT2D eigenvalue weighted by molar-refractivity contribution is 5.60. The van der Waals surface area contributed by atoms with Crippen molar-refractivity contribution in [3.05, 3.63) is 43.0 Å². The van der Waals surface area contributed by atoms with Crippen molar-refractivity contribution in [2.45, 2.75) is 98.0 Å². The lowest BCUT2D eigenvalue weighted by molar-refractivity contribution is -0.0782. The lowest BCUT2D eigenvalue weighted by Gasteiger charge is -2.59. The summed E-state index contributed by atoms with van der Waals surface area (Å²) in [6.45, 7) is 14.1. The van der Waals surface area contributed by atoms with Gasteiger partial charge in [-0.25, -0.2) is 0 Å². The summed E-state index contributed by atoms with van der Waals surface area (Å²) in [5, 5.41) is 0. The standard InChI is InChI=1S/C34H52N2O/c1-6-22(2)8-7-9-23(3)28-13-14-29-27-12-10-24-20-26(37-32-15-11-25(35)21-31(32)36)16-18-33(24,4)30(27)17-19-34(28,29)5/h6,10-12,15,21-24,26-30H,1,7-9,13-14,16-20,35-36H2,2-5H3. The van der Waals surface area contributed by atoms with E-state index in [2.05, 4.69) is 52.5 Å². The minimum atomic E-state index is 0.236. The average molecular weight is 505 g/mol. The van der Waals surface area contributed by atoms with Gasteiger partial charge in [0, 0.05) is 5.69 Å². The quantitative estimate of drug-likeness (QED) is 0.275. The smallest absolute Gasteiger partial charge is 0.142 e. The van der Waals surface area contributed by atoms with Crippen LogP contribution < -0.4 is 16.2 Å². The molecule has 10 unspecified atom stereocenters. The molecule has 0 amide bonds. The highest BCUT2D eigenvalue weighted by Gasteiger charge is 2.59. The highest BCUT2D eigenvalue weighted by atomic mass is 16.5. The Kier molecular flexibility index (Phi) is 7.46. The predicted octanol–water partition coefficient (Wildman–Crippen LogP) is 8.66. The van der Waals surface area contributed by atoms with Crippen molar-refractivity contribution in [3.63, 3.8) is 0 Å². The number of ether oxygens (including phenoxy) is 1. The number of anilines is 2. The van der Waals surface area contributed by atoms with Crippen LogP contribution in [0.25, 0.3) is 0 Å². The van der Waals surface area contributed by atoms with Crippen molar-refractivity contribution in [1.29, 1.82) is 0 Å². The maximum absolute atomic E-state index is 6.43. The van der Waals surface area contributed by atoms with Crippen LogP contribution in [0.5, 0.6) is 5.75 Å². The van der Waals surface area contributed by atoms with Crippen molar-refractivity contribution < 1.29 is 4.74 Å². The zero-order valence-corrected chi connectivity index (χ0v) is 23.9. The molecule has 0 saturated heterocycles. The zero-order chi connectivity index (χ0) is 26.4. The van der Waals surface area contributed by atoms with Gasteiger partial charge in [0.05, 0.1) is 11.8 Å². The predicted molar refractivity (Wildman–Crippen MR) is 157 cm³/mol. The van der Waals surface area contributed by atoms with E-state index in [0.29, 0.717) is 34.0 Å². The van der Waals surface area contributed by atoms with Gasteiger partial charge in [-0.3, -0.25) is 0 Å². The van der Waals surface area contributed by atoms with Gasteiger partial charge in [-0.1, -0.05) is 58.8 Å². The summed E-state index contributed by atoms with van der Waals surface area (Å²) in [4.78, 5) is 0. The molecule has 1 aromatic rings. The molecule has 37 heavy (non-hydrogen) atoms. The third-order valence-corrected chi connectivity index (χ3v) is 11.9. The number of nitrogens with two attached hydrogens (primary N) is 2. The maximum Gasteiger partial charge on any atom is 0.142 e. The van der Waals surface area contributed by atoms with Crippen molar-refractivity contribution in [2.75, 3.05) is 11.5 Å². The minimum Gasteiger partial charge on any atom is -0.488 e. The van der Waals surface area contributed by atoms with Crippen LogP contribution in [0.3, 0.4) is 0 Å². The molecule has 3 nitrogen and oxygen atoms in total. The summed E-state index contributed by atoms with van der Waals surface area (Å²) in [6, 6.07) is 5.63. The van der Waals surface area contributed by atoms with Crippen LogP contribution >= 0.6 is 0 Å². The number of hydrogen-bond donors (Lipinski definition) is 2. The lowest BCUT2D eigenvalue weighted by atomic mass is 9.46. The Morgan fingerprint density at radius 3 is 2.51 bits per heavy atom. The van der Waals surface area contributed by atoms with E-state index in [1.165, 1.54) is 51.4 Å². The molecular formula is C34H52N2O. The molecule has 4 aliphatic rings. The Labute approximate surface area is 226 Å². The van der Waals surface area contributed by atoms with Crippen LogP contribution in [0.1, 0.15) is 91.9 Å². The molecule has 3 fully saturated rings. The normalized spacial score (nSPS) is 40.2. The second-order valence-corrected chi connectivity index (χ2v) is 13.9. The van der Waals surface area contributed by atoms with Gasteiger partial charge >= 0.3 is 0 Å². The molecule has 0 aliphatic heterocycles. The molecule has 3 saturated carbocycles. The number of benzene rings is 1. The molecule has 204 valence electrons. The summed E-state index contributed by atoms with van der Waals surface area (Å²) < 4.78 is 6.43. The van der Waals surface area contributed by atoms with Gasteiger partial charge in [0.1, 0.15) is 5.75 Å². The van der Waals surface area contributed by atoms with E-state index in [4.69, 9.17) is 16.2 Å². The van der Waals surface area contributed by atoms with Crippen molar-refractivity contribution in [2.24, 2.45) is 52.3 Å². The Hall–Kier alpha value is -1.90. The Balaban J connectivity index is 1.26. The van der Waals surface area contributed by atoms with E-state index < -0.39 is 0 Å². The summed E-state index contributed by atoms with van der Waals surface area (Å²) in [6.07, 6.45) is 20.9. The van der Waals surface area contributed by atoms with Crippen molar-refractivity contribution >= 4 is 11.4 Å². The van der Waals surface area contributed by atoms with E-state index in [-0.39, 0.29) is 6.10 Å². The van der Waals surface area contributed by atoms with Gasteiger partial charge in [-0.15, -0.1) is 6.58 Å². The summed E-state index contributed by atoms with van der Waals surface area (Å²) >= 11 is 0. The highest BCUT2D eigenvalue weighted by Crippen LogP contribution is 2.67. The number of fused-ring (bicyclic) bond motifs is 5. The molecule has 0 aromatic heterocycles. The number of nitrogen functional groups attached to an aromatic ring is 2. The molecule has 5 rings (SSSR count). The molecule has 10 atom stereocenters. The first-order valence-electron chi connectivity index (χ1n) is 15.3. The minimum absolute atomic E-state index is 0.236. The molecule has 0 bridgehead atoms. The largest absolute Gasteiger partial charge is 0.488 e. The summed E-state index contributed by atoms with van der Waals surface area (Å²) in [5.41, 5.74) is 14.4. The lowest BCUT2D eigenvalue weighted by Crippen LogP contribution is -2.52. The summed E-state index contributed by atoms with van der Waals surface area (Å²) in [7, 11) is 0. The number of hydrogen-bond acceptors (Lipinski definition) is 3. The second kappa shape index (κ2) is 10.3. The SMILES string of the molecule is C=CC(C)CCCC(C)C1CCC2C3C=CC4CC(Oc5ccc(N)cc5N)CCC4(C)C3CCC12C. The fourth-order valence-electron chi connectivity index (χ4n) is 9.60. The molecule has 3 heteroatoms. The average Bonchev–Trinajstić information content (AvgIpc) is 3.23. The van der Waals surface area contributed by atoms with Crippen LogP contribution in [0.15, 0.2) is 43.0 Å². The molecule has 0 spiro atoms. The van der Waals surface area contributed by atoms with E-state index in [9.17, 15) is 0 Å². The van der Waals surface area contributed by atoms with E-state index in [1.807, 2.05) is 18.2 Å². The molecule has 0 radical (unpaired) electrons. The van der Waals surface area contributed by atoms with Crippen LogP contribution in [0.4, 0.5) is 11.4 Å². The van der Waals surface area contributed by atoms with Crippen molar-refractivity contribution in [3.8, 4) is 5.75 Å². The third-order valence-electron chi connectivity index (χ3n) is 11.9. The first kappa shape index (κ1) is 26.7. The monoisotopic (exact) mass is 504 g/mol. The first-order chi connectivity index (χ1) is 17.7. The second-order valence-electron chi connectivity index (χ2n) is 13.9. The van der Waals surface area contributed by atoms with Gasteiger partial charge in [0.2, 0.25) is 0 Å². The van der Waals surface area contributed by atoms with Crippen LogP contribution in [0, 0.1) is 52.3 Å². The van der Waals surface area contributed by atoms with Crippen LogP contribution in [0.2, 0.25) is 0 Å². The Morgan fingerprint density at radius 2 is 1.76 bits per heavy atom. The third kappa shape index (κ3) is 4.85. The van der Waals surface area contributed by atoms with Crippen molar-refractivity contribution in [1.82, 2.24) is 0 Å². The molecule has 1 aromatic carbocycles. The summed E-state index contributed by atoms with van der Waals surface area (Å²) in [5.74, 6) is 6.24. The van der Waals surface area contributed by atoms with Gasteiger partial charge in [0.15, 0.2) is 0 Å². The van der Waals surface area contributed by atoms with Gasteiger partial charge in [0.25, 0.3) is 0 Å². The van der Waals surface area contributed by atoms with E-state index in [0.717, 1.165) is 48.2 Å². The van der Waals surface area contributed by atoms with E-state index in [1.54, 1.807) is 0 Å². The maximum atomic E-state index is 6.43. The Bertz CT molecular complexity index is 1000. The molecule has 4 aliphatic carbocycles. The molecule has 0 heterocycles. The number of allylic oxidation sites excluding steroid dienone is 3. The van der Waals surface area contributed by atoms with Crippen LogP contribution in [-0.4, -0.2) is 6.10 Å². The van der Waals surface area contributed by atoms with Gasteiger partial charge in [-0.2, -0.15) is 0 Å². The molecule has 4 N–H and O–H groups in total. The molecular weight excluding hydrogens is 452 g/mol. The first-order valence-corrected chi connectivity index (χ1v) is 15.3. The topological polar surface area (TPSA) is 61.3 Å².